The molecule has 0 aromatic heterocycles. The molecule has 0 aliphatic rings. The van der Waals surface area contributed by atoms with Crippen molar-refractivity contribution in [1.82, 2.24) is 0 Å². The second-order valence-corrected chi connectivity index (χ2v) is 17.5. The lowest BCUT2D eigenvalue weighted by atomic mass is 9.79. The first-order valence-electron chi connectivity index (χ1n) is 18.6. The fraction of sp³-hybridized carbons (Fsp3) is 0.700. The summed E-state index contributed by atoms with van der Waals surface area (Å²) in [5, 5.41) is 21.3. The van der Waals surface area contributed by atoms with E-state index in [9.17, 15) is 10.2 Å². The standard InChI is InChI=1S/C40H66O2.H4O5P2/c1-10-11-12-13-14-15-16-17-18-19-20-21-23-32(34-29-36(40(7,8)9)38(42)27-31(34)3)24-22-25-33-28-35(39(4,5)6)37(41)26-30(33)2;1-6(2)5-7(3)4/h26-29,32,41-42H,10-25H2,1-9H3;1-4H. The second-order valence-electron chi connectivity index (χ2n) is 15.9. The molecule has 2 aromatic rings. The van der Waals surface area contributed by atoms with Crippen LogP contribution in [0.4, 0.5) is 0 Å². The minimum Gasteiger partial charge on any atom is -0.508 e. The highest BCUT2D eigenvalue weighted by Crippen LogP contribution is 2.42. The molecular weight excluding hydrogens is 654 g/mol. The van der Waals surface area contributed by atoms with Gasteiger partial charge in [-0.1, -0.05) is 138 Å². The fourth-order valence-corrected chi connectivity index (χ4v) is 7.17. The van der Waals surface area contributed by atoms with Crippen LogP contribution in [0.25, 0.3) is 0 Å². The molecule has 6 N–H and O–H groups in total. The first-order chi connectivity index (χ1) is 22.9. The van der Waals surface area contributed by atoms with Gasteiger partial charge in [-0.25, -0.2) is 4.31 Å². The van der Waals surface area contributed by atoms with Gasteiger partial charge in [0.25, 0.3) is 0 Å². The molecule has 2 aromatic carbocycles. The van der Waals surface area contributed by atoms with Gasteiger partial charge in [0.1, 0.15) is 11.5 Å². The SMILES string of the molecule is CCCCCCCCCCCCCCC(CCCc1cc(C(C)(C)C)c(O)cc1C)c1cc(C(C)(C)C)c(O)cc1C.OP(O)OP(O)O. The first kappa shape index (κ1) is 45.7. The maximum atomic E-state index is 10.8. The van der Waals surface area contributed by atoms with E-state index in [1.165, 1.54) is 106 Å². The summed E-state index contributed by atoms with van der Waals surface area (Å²) in [5.41, 5.74) is 7.15. The molecule has 0 saturated heterocycles. The Hall–Kier alpha value is -1.30. The Balaban J connectivity index is 0.00000154. The Morgan fingerprint density at radius 2 is 0.980 bits per heavy atom. The van der Waals surface area contributed by atoms with Gasteiger partial charge in [-0.3, -0.25) is 0 Å². The molecule has 0 radical (unpaired) electrons. The van der Waals surface area contributed by atoms with Gasteiger partial charge in [0.2, 0.25) is 0 Å². The lowest BCUT2D eigenvalue weighted by molar-refractivity contribution is 0.324. The predicted octanol–water partition coefficient (Wildman–Crippen LogP) is 11.9. The number of rotatable bonds is 20. The van der Waals surface area contributed by atoms with Crippen molar-refractivity contribution in [2.45, 2.75) is 182 Å². The van der Waals surface area contributed by atoms with Gasteiger partial charge < -0.3 is 29.8 Å². The molecule has 49 heavy (non-hydrogen) atoms. The van der Waals surface area contributed by atoms with E-state index in [0.717, 1.165) is 30.4 Å². The van der Waals surface area contributed by atoms with Crippen LogP contribution in [0.15, 0.2) is 24.3 Å². The van der Waals surface area contributed by atoms with Crippen molar-refractivity contribution in [3.8, 4) is 11.5 Å². The number of hydrogen-bond acceptors (Lipinski definition) is 7. The van der Waals surface area contributed by atoms with Crippen molar-refractivity contribution in [3.63, 3.8) is 0 Å². The van der Waals surface area contributed by atoms with Gasteiger partial charge in [0, 0.05) is 0 Å². The normalized spacial score (nSPS) is 12.8. The van der Waals surface area contributed by atoms with E-state index in [4.69, 9.17) is 19.6 Å². The van der Waals surface area contributed by atoms with Crippen molar-refractivity contribution in [3.05, 3.63) is 57.6 Å². The monoisotopic (exact) mass is 724 g/mol. The van der Waals surface area contributed by atoms with E-state index < -0.39 is 17.2 Å². The highest BCUT2D eigenvalue weighted by atomic mass is 31.2. The highest BCUT2D eigenvalue weighted by molar-refractivity contribution is 7.53. The summed E-state index contributed by atoms with van der Waals surface area (Å²) < 4.78 is 3.60. The van der Waals surface area contributed by atoms with Gasteiger partial charge in [0.15, 0.2) is 0 Å². The predicted molar refractivity (Wildman–Crippen MR) is 208 cm³/mol. The van der Waals surface area contributed by atoms with E-state index in [2.05, 4.69) is 78.8 Å². The van der Waals surface area contributed by atoms with Gasteiger partial charge in [-0.05, 0) is 102 Å². The van der Waals surface area contributed by atoms with Crippen molar-refractivity contribution in [1.29, 1.82) is 0 Å². The summed E-state index contributed by atoms with van der Waals surface area (Å²) in [5.74, 6) is 1.36. The third kappa shape index (κ3) is 18.7. The van der Waals surface area contributed by atoms with Gasteiger partial charge >= 0.3 is 17.2 Å². The van der Waals surface area contributed by atoms with Crippen LogP contribution in [0.5, 0.6) is 11.5 Å². The summed E-state index contributed by atoms with van der Waals surface area (Å²) in [6.07, 6.45) is 21.1. The molecule has 2 rings (SSSR count). The first-order valence-corrected chi connectivity index (χ1v) is 20.9. The molecule has 0 amide bonds. The van der Waals surface area contributed by atoms with Crippen molar-refractivity contribution in [2.75, 3.05) is 0 Å². The third-order valence-electron chi connectivity index (χ3n) is 9.45. The highest BCUT2D eigenvalue weighted by Gasteiger charge is 2.23. The minimum atomic E-state index is -2.61. The van der Waals surface area contributed by atoms with E-state index >= 15 is 0 Å². The van der Waals surface area contributed by atoms with Gasteiger partial charge in [-0.15, -0.1) is 0 Å². The lowest BCUT2D eigenvalue weighted by Crippen LogP contribution is -2.14. The Labute approximate surface area is 301 Å². The van der Waals surface area contributed by atoms with Gasteiger partial charge in [0.05, 0.1) is 0 Å². The molecule has 0 heterocycles. The van der Waals surface area contributed by atoms with Crippen molar-refractivity contribution >= 4 is 17.2 Å². The smallest absolute Gasteiger partial charge is 0.334 e. The maximum absolute atomic E-state index is 10.8. The molecule has 0 spiro atoms. The number of unbranched alkanes of at least 4 members (excludes halogenated alkanes) is 11. The van der Waals surface area contributed by atoms with Crippen LogP contribution in [-0.2, 0) is 21.6 Å². The zero-order chi connectivity index (χ0) is 37.2. The molecule has 7 nitrogen and oxygen atoms in total. The number of aromatic hydroxyl groups is 2. The second kappa shape index (κ2) is 23.3. The topological polar surface area (TPSA) is 131 Å². The molecule has 0 fully saturated rings. The molecule has 1 unspecified atom stereocenters. The van der Waals surface area contributed by atoms with E-state index in [0.29, 0.717) is 17.4 Å². The van der Waals surface area contributed by atoms with E-state index in [1.54, 1.807) is 0 Å². The molecule has 9 heteroatoms. The Morgan fingerprint density at radius 3 is 1.41 bits per heavy atom. The van der Waals surface area contributed by atoms with Crippen LogP contribution in [0.3, 0.4) is 0 Å². The molecule has 0 aliphatic heterocycles. The average molecular weight is 725 g/mol. The minimum absolute atomic E-state index is 0.0732. The summed E-state index contributed by atoms with van der Waals surface area (Å²) in [4.78, 5) is 31.3. The molecule has 282 valence electrons. The fourth-order valence-electron chi connectivity index (χ4n) is 6.65. The summed E-state index contributed by atoms with van der Waals surface area (Å²) in [7, 11) is -5.22. The maximum Gasteiger partial charge on any atom is 0.334 e. The number of hydrogen-bond donors (Lipinski definition) is 6. The molecule has 1 atom stereocenters. The quantitative estimate of drug-likeness (QED) is 0.0592. The average Bonchev–Trinajstić information content (AvgIpc) is 2.96. The summed E-state index contributed by atoms with van der Waals surface area (Å²) in [6, 6.07) is 8.53. The molecular formula is C40H70O7P2. The molecule has 0 aliphatic carbocycles. The Bertz CT molecular complexity index is 1200. The molecule has 0 bridgehead atoms. The Kier molecular flexibility index (Phi) is 21.7. The van der Waals surface area contributed by atoms with Crippen LogP contribution in [0, 0.1) is 13.8 Å². The summed E-state index contributed by atoms with van der Waals surface area (Å²) in [6.45, 7) is 19.7. The number of aryl methyl sites for hydroxylation is 3. The van der Waals surface area contributed by atoms with Crippen LogP contribution in [-0.4, -0.2) is 29.8 Å². The van der Waals surface area contributed by atoms with Crippen LogP contribution in [0.1, 0.15) is 184 Å². The Morgan fingerprint density at radius 1 is 0.571 bits per heavy atom. The zero-order valence-electron chi connectivity index (χ0n) is 32.2. The largest absolute Gasteiger partial charge is 0.508 e. The van der Waals surface area contributed by atoms with Crippen molar-refractivity contribution < 1.29 is 34.1 Å². The van der Waals surface area contributed by atoms with E-state index in [-0.39, 0.29) is 10.8 Å². The van der Waals surface area contributed by atoms with Gasteiger partial charge in [-0.2, -0.15) is 0 Å². The number of benzene rings is 2. The number of phenolic OH excluding ortho intramolecular Hbond substituents is 2. The van der Waals surface area contributed by atoms with Crippen LogP contribution in [0.2, 0.25) is 0 Å². The lowest BCUT2D eigenvalue weighted by Gasteiger charge is -2.26. The van der Waals surface area contributed by atoms with Crippen LogP contribution < -0.4 is 0 Å². The third-order valence-corrected chi connectivity index (χ3v) is 10.6. The number of phenols is 2. The molecule has 0 saturated carbocycles. The van der Waals surface area contributed by atoms with Crippen LogP contribution >= 0.6 is 17.2 Å². The van der Waals surface area contributed by atoms with E-state index in [1.807, 2.05) is 12.1 Å². The summed E-state index contributed by atoms with van der Waals surface area (Å²) >= 11 is 0. The zero-order valence-corrected chi connectivity index (χ0v) is 34.0. The van der Waals surface area contributed by atoms with Crippen molar-refractivity contribution in [2.24, 2.45) is 0 Å².